The van der Waals surface area contributed by atoms with Gasteiger partial charge in [0.25, 0.3) is 5.91 Å². The number of amides is 1. The Labute approximate surface area is 173 Å². The van der Waals surface area contributed by atoms with Crippen LogP contribution < -0.4 is 4.74 Å². The van der Waals surface area contributed by atoms with Crippen LogP contribution in [0.15, 0.2) is 72.8 Å². The fourth-order valence-corrected chi connectivity index (χ4v) is 4.35. The Bertz CT molecular complexity index is 1210. The summed E-state index contributed by atoms with van der Waals surface area (Å²) in [4.78, 5) is 18.9. The van der Waals surface area contributed by atoms with Crippen LogP contribution in [0.1, 0.15) is 33.2 Å². The number of nitrogens with zero attached hydrogens (tertiary/aromatic N) is 1. The Morgan fingerprint density at radius 3 is 2.50 bits per heavy atom. The predicted octanol–water partition coefficient (Wildman–Crippen LogP) is 5.10. The summed E-state index contributed by atoms with van der Waals surface area (Å²) >= 11 is 0. The highest BCUT2D eigenvalue weighted by molar-refractivity contribution is 5.95. The largest absolute Gasteiger partial charge is 0.497 e. The fourth-order valence-electron chi connectivity index (χ4n) is 4.35. The summed E-state index contributed by atoms with van der Waals surface area (Å²) in [5, 5.41) is 1.18. The van der Waals surface area contributed by atoms with Gasteiger partial charge in [0.1, 0.15) is 11.6 Å². The quantitative estimate of drug-likeness (QED) is 0.520. The van der Waals surface area contributed by atoms with Crippen molar-refractivity contribution in [3.63, 3.8) is 0 Å². The van der Waals surface area contributed by atoms with Gasteiger partial charge in [-0.05, 0) is 60.0 Å². The topological polar surface area (TPSA) is 45.3 Å². The first-order valence-electron chi connectivity index (χ1n) is 9.95. The van der Waals surface area contributed by atoms with Crippen LogP contribution in [0.2, 0.25) is 0 Å². The van der Waals surface area contributed by atoms with Crippen LogP contribution in [-0.2, 0) is 6.42 Å². The third-order valence-electron chi connectivity index (χ3n) is 5.82. The summed E-state index contributed by atoms with van der Waals surface area (Å²) < 4.78 is 18.8. The lowest BCUT2D eigenvalue weighted by atomic mass is 9.91. The molecule has 0 saturated heterocycles. The van der Waals surface area contributed by atoms with Crippen LogP contribution in [-0.4, -0.2) is 29.4 Å². The standard InChI is InChI=1S/C25H21FN2O2/c1-30-19-12-8-17(9-13-19)25(29)28-15-14-21-20-4-2-3-5-22(20)27-23(21)24(28)16-6-10-18(26)11-7-16/h2-13,24,27H,14-15H2,1H3/t24-/m0/s1. The minimum absolute atomic E-state index is 0.0590. The molecule has 1 aliphatic heterocycles. The molecule has 4 nitrogen and oxygen atoms in total. The first kappa shape index (κ1) is 18.4. The summed E-state index contributed by atoms with van der Waals surface area (Å²) in [6.07, 6.45) is 0.763. The molecule has 2 heterocycles. The minimum Gasteiger partial charge on any atom is -0.497 e. The third kappa shape index (κ3) is 3.03. The van der Waals surface area contributed by atoms with Gasteiger partial charge in [0.2, 0.25) is 0 Å². The Hall–Kier alpha value is -3.60. The van der Waals surface area contributed by atoms with Crippen molar-refractivity contribution in [2.75, 3.05) is 13.7 Å². The van der Waals surface area contributed by atoms with E-state index in [0.29, 0.717) is 17.9 Å². The molecular formula is C25H21FN2O2. The molecule has 0 saturated carbocycles. The molecule has 0 aliphatic carbocycles. The van der Waals surface area contributed by atoms with Crippen molar-refractivity contribution in [3.05, 3.63) is 101 Å². The van der Waals surface area contributed by atoms with Gasteiger partial charge in [0.15, 0.2) is 0 Å². The number of rotatable bonds is 3. The summed E-state index contributed by atoms with van der Waals surface area (Å²) in [6, 6.07) is 21.4. The molecule has 1 atom stereocenters. The first-order valence-corrected chi connectivity index (χ1v) is 9.95. The number of fused-ring (bicyclic) bond motifs is 3. The van der Waals surface area contributed by atoms with Crippen molar-refractivity contribution in [3.8, 4) is 5.75 Å². The number of nitrogens with one attached hydrogen (secondary N) is 1. The molecule has 5 rings (SSSR count). The number of aromatic amines is 1. The van der Waals surface area contributed by atoms with Gasteiger partial charge in [-0.1, -0.05) is 30.3 Å². The Morgan fingerprint density at radius 2 is 1.77 bits per heavy atom. The molecule has 0 fully saturated rings. The second kappa shape index (κ2) is 7.34. The number of H-pyrrole nitrogens is 1. The van der Waals surface area contributed by atoms with Crippen LogP contribution in [0.5, 0.6) is 5.75 Å². The highest BCUT2D eigenvalue weighted by atomic mass is 19.1. The first-order chi connectivity index (χ1) is 14.7. The zero-order chi connectivity index (χ0) is 20.7. The molecule has 30 heavy (non-hydrogen) atoms. The summed E-state index contributed by atoms with van der Waals surface area (Å²) in [5.74, 6) is 0.355. The SMILES string of the molecule is COc1ccc(C(=O)N2CCc3c([nH]c4ccccc34)[C@@H]2c2ccc(F)cc2)cc1. The van der Waals surface area contributed by atoms with Crippen LogP contribution in [0.25, 0.3) is 10.9 Å². The van der Waals surface area contributed by atoms with Crippen molar-refractivity contribution in [2.45, 2.75) is 12.5 Å². The highest BCUT2D eigenvalue weighted by Crippen LogP contribution is 2.39. The third-order valence-corrected chi connectivity index (χ3v) is 5.82. The monoisotopic (exact) mass is 400 g/mol. The molecule has 1 aliphatic rings. The van der Waals surface area contributed by atoms with Crippen molar-refractivity contribution in [1.82, 2.24) is 9.88 Å². The average molecular weight is 400 g/mol. The molecule has 5 heteroatoms. The molecule has 0 spiro atoms. The van der Waals surface area contributed by atoms with Crippen molar-refractivity contribution >= 4 is 16.8 Å². The zero-order valence-corrected chi connectivity index (χ0v) is 16.6. The van der Waals surface area contributed by atoms with Crippen molar-refractivity contribution in [1.29, 1.82) is 0 Å². The van der Waals surface area contributed by atoms with E-state index in [2.05, 4.69) is 11.1 Å². The molecule has 1 aromatic heterocycles. The van der Waals surface area contributed by atoms with Gasteiger partial charge in [-0.15, -0.1) is 0 Å². The number of benzene rings is 3. The van der Waals surface area contributed by atoms with Crippen LogP contribution in [0.3, 0.4) is 0 Å². The summed E-state index contributed by atoms with van der Waals surface area (Å²) in [6.45, 7) is 0.585. The molecule has 150 valence electrons. The Morgan fingerprint density at radius 1 is 1.03 bits per heavy atom. The number of aromatic nitrogens is 1. The maximum absolute atomic E-state index is 13.6. The summed E-state index contributed by atoms with van der Waals surface area (Å²) in [7, 11) is 1.60. The zero-order valence-electron chi connectivity index (χ0n) is 16.6. The van der Waals surface area contributed by atoms with E-state index in [4.69, 9.17) is 4.74 Å². The molecule has 4 aromatic rings. The number of ether oxygens (including phenoxy) is 1. The number of carbonyl (C=O) groups excluding carboxylic acids is 1. The van der Waals surface area contributed by atoms with Gasteiger partial charge in [-0.3, -0.25) is 4.79 Å². The minimum atomic E-state index is -0.309. The number of para-hydroxylation sites is 1. The van der Waals surface area contributed by atoms with E-state index in [1.165, 1.54) is 23.1 Å². The normalized spacial score (nSPS) is 15.8. The molecule has 1 N–H and O–H groups in total. The van der Waals surface area contributed by atoms with E-state index < -0.39 is 0 Å². The lowest BCUT2D eigenvalue weighted by molar-refractivity contribution is 0.0692. The molecule has 0 radical (unpaired) electrons. The second-order valence-electron chi connectivity index (χ2n) is 7.49. The Balaban J connectivity index is 1.62. The van der Waals surface area contributed by atoms with Crippen molar-refractivity contribution in [2.24, 2.45) is 0 Å². The van der Waals surface area contributed by atoms with E-state index in [-0.39, 0.29) is 17.8 Å². The van der Waals surface area contributed by atoms with E-state index in [0.717, 1.165) is 23.2 Å². The predicted molar refractivity (Wildman–Crippen MR) is 114 cm³/mol. The second-order valence-corrected chi connectivity index (χ2v) is 7.49. The number of hydrogen-bond acceptors (Lipinski definition) is 2. The van der Waals surface area contributed by atoms with E-state index in [1.807, 2.05) is 23.1 Å². The van der Waals surface area contributed by atoms with Gasteiger partial charge in [-0.25, -0.2) is 4.39 Å². The number of halogens is 1. The van der Waals surface area contributed by atoms with Crippen molar-refractivity contribution < 1.29 is 13.9 Å². The molecular weight excluding hydrogens is 379 g/mol. The average Bonchev–Trinajstić information content (AvgIpc) is 3.17. The van der Waals surface area contributed by atoms with E-state index in [1.54, 1.807) is 43.5 Å². The van der Waals surface area contributed by atoms with E-state index >= 15 is 0 Å². The molecule has 3 aromatic carbocycles. The molecule has 1 amide bonds. The summed E-state index contributed by atoms with van der Waals surface area (Å²) in [5.41, 5.74) is 4.75. The number of hydrogen-bond donors (Lipinski definition) is 1. The van der Waals surface area contributed by atoms with Crippen LogP contribution in [0, 0.1) is 5.82 Å². The van der Waals surface area contributed by atoms with Crippen LogP contribution >= 0.6 is 0 Å². The Kier molecular flexibility index (Phi) is 4.51. The lowest BCUT2D eigenvalue weighted by Crippen LogP contribution is -2.40. The maximum Gasteiger partial charge on any atom is 0.254 e. The number of carbonyl (C=O) groups is 1. The number of methoxy groups -OCH3 is 1. The van der Waals surface area contributed by atoms with E-state index in [9.17, 15) is 9.18 Å². The fraction of sp³-hybridized carbons (Fsp3) is 0.160. The van der Waals surface area contributed by atoms with Gasteiger partial charge >= 0.3 is 0 Å². The van der Waals surface area contributed by atoms with Crippen LogP contribution in [0.4, 0.5) is 4.39 Å². The van der Waals surface area contributed by atoms with Gasteiger partial charge < -0.3 is 14.6 Å². The van der Waals surface area contributed by atoms with Gasteiger partial charge in [0.05, 0.1) is 13.2 Å². The molecule has 0 bridgehead atoms. The van der Waals surface area contributed by atoms with Gasteiger partial charge in [-0.2, -0.15) is 0 Å². The smallest absolute Gasteiger partial charge is 0.254 e. The lowest BCUT2D eigenvalue weighted by Gasteiger charge is -2.36. The van der Waals surface area contributed by atoms with Gasteiger partial charge in [0, 0.05) is 28.7 Å². The molecule has 0 unspecified atom stereocenters. The maximum atomic E-state index is 13.6. The highest BCUT2D eigenvalue weighted by Gasteiger charge is 2.34.